The van der Waals surface area contributed by atoms with Gasteiger partial charge in [0.1, 0.15) is 0 Å². The van der Waals surface area contributed by atoms with Crippen LogP contribution in [0.5, 0.6) is 0 Å². The SMILES string of the molecule is Cc1[c-]cc(C)[nH]1.[CH3-].[Ru+3].c1cc[cH-]c1. The summed E-state index contributed by atoms with van der Waals surface area (Å²) in [6.45, 7) is 4.01. The van der Waals surface area contributed by atoms with Crippen LogP contribution in [0.3, 0.4) is 0 Å². The van der Waals surface area contributed by atoms with Crippen molar-refractivity contribution in [2.24, 2.45) is 0 Å². The molecule has 0 saturated heterocycles. The van der Waals surface area contributed by atoms with Crippen LogP contribution in [0.1, 0.15) is 11.4 Å². The number of H-pyrrole nitrogens is 1. The molecule has 0 aliphatic heterocycles. The van der Waals surface area contributed by atoms with E-state index in [1.54, 1.807) is 0 Å². The molecule has 0 amide bonds. The van der Waals surface area contributed by atoms with Gasteiger partial charge in [0.2, 0.25) is 0 Å². The Labute approximate surface area is 99.7 Å². The molecule has 0 bridgehead atoms. The molecule has 77 valence electrons. The van der Waals surface area contributed by atoms with Gasteiger partial charge in [-0.2, -0.15) is 18.2 Å². The van der Waals surface area contributed by atoms with Gasteiger partial charge in [0, 0.05) is 0 Å². The maximum atomic E-state index is 3.08. The number of rotatable bonds is 0. The molecular weight excluding hydrogens is 259 g/mol. The van der Waals surface area contributed by atoms with Gasteiger partial charge in [0.25, 0.3) is 0 Å². The van der Waals surface area contributed by atoms with Crippen LogP contribution >= 0.6 is 0 Å². The molecule has 0 saturated carbocycles. The first-order chi connectivity index (χ1) is 5.79. The summed E-state index contributed by atoms with van der Waals surface area (Å²) in [5.74, 6) is 0. The van der Waals surface area contributed by atoms with E-state index in [-0.39, 0.29) is 26.9 Å². The molecule has 0 aliphatic carbocycles. The van der Waals surface area contributed by atoms with Crippen LogP contribution in [0.15, 0.2) is 36.4 Å². The van der Waals surface area contributed by atoms with Gasteiger partial charge in [0.15, 0.2) is 0 Å². The van der Waals surface area contributed by atoms with Crippen LogP contribution < -0.4 is 0 Å². The largest absolute Gasteiger partial charge is 3.00 e. The standard InChI is InChI=1S/C6H8N.C5H5.CH3.Ru/c1-5-3-4-6(2)7-5;1-2-4-5-3-1;;/h3,7H,1-2H3;1-5H;1H3;/q3*-1;+3. The van der Waals surface area contributed by atoms with Crippen LogP contribution in [-0.2, 0) is 19.5 Å². The molecule has 1 aromatic carbocycles. The molecule has 2 heteroatoms. The van der Waals surface area contributed by atoms with Gasteiger partial charge >= 0.3 is 19.5 Å². The minimum atomic E-state index is 0. The van der Waals surface area contributed by atoms with Crippen molar-refractivity contribution < 1.29 is 19.5 Å². The third kappa shape index (κ3) is 6.74. The molecule has 2 aromatic rings. The Morgan fingerprint density at radius 1 is 1.21 bits per heavy atom. The predicted molar refractivity (Wildman–Crippen MR) is 57.6 cm³/mol. The summed E-state index contributed by atoms with van der Waals surface area (Å²) >= 11 is 0. The van der Waals surface area contributed by atoms with Gasteiger partial charge in [-0.3, -0.25) is 0 Å². The number of aromatic amines is 1. The zero-order valence-electron chi connectivity index (χ0n) is 8.82. The Balaban J connectivity index is 0. The van der Waals surface area contributed by atoms with Crippen LogP contribution in [-0.4, -0.2) is 4.98 Å². The predicted octanol–water partition coefficient (Wildman–Crippen LogP) is 3.29. The Bertz CT molecular complexity index is 262. The maximum Gasteiger partial charge on any atom is 3.00 e. The molecule has 2 rings (SSSR count). The molecule has 1 heterocycles. The van der Waals surface area contributed by atoms with Gasteiger partial charge in [-0.15, -0.1) is 5.69 Å². The molecular formula is C12H16NRu. The van der Waals surface area contributed by atoms with Crippen molar-refractivity contribution in [3.63, 3.8) is 0 Å². The topological polar surface area (TPSA) is 15.8 Å². The third-order valence-electron chi connectivity index (χ3n) is 1.45. The number of aryl methyl sites for hydroxylation is 2. The average Bonchev–Trinajstić information content (AvgIpc) is 2.63. The van der Waals surface area contributed by atoms with Crippen molar-refractivity contribution in [3.8, 4) is 0 Å². The zero-order chi connectivity index (χ0) is 8.81. The van der Waals surface area contributed by atoms with E-state index in [4.69, 9.17) is 0 Å². The van der Waals surface area contributed by atoms with E-state index in [0.717, 1.165) is 5.69 Å². The van der Waals surface area contributed by atoms with Gasteiger partial charge < -0.3 is 12.4 Å². The Hall–Kier alpha value is -0.747. The summed E-state index contributed by atoms with van der Waals surface area (Å²) < 4.78 is 0. The van der Waals surface area contributed by atoms with Crippen molar-refractivity contribution in [2.45, 2.75) is 13.8 Å². The van der Waals surface area contributed by atoms with E-state index in [0.29, 0.717) is 0 Å². The Morgan fingerprint density at radius 3 is 1.93 bits per heavy atom. The summed E-state index contributed by atoms with van der Waals surface area (Å²) in [6.07, 6.45) is 0. The summed E-state index contributed by atoms with van der Waals surface area (Å²) in [4.78, 5) is 3.08. The van der Waals surface area contributed by atoms with Crippen LogP contribution in [0.4, 0.5) is 0 Å². The molecule has 1 aromatic heterocycles. The van der Waals surface area contributed by atoms with Gasteiger partial charge in [-0.25, -0.2) is 24.3 Å². The summed E-state index contributed by atoms with van der Waals surface area (Å²) in [7, 11) is 0. The number of nitrogens with one attached hydrogen (secondary N) is 1. The van der Waals surface area contributed by atoms with E-state index >= 15 is 0 Å². The fourth-order valence-corrected chi connectivity index (χ4v) is 0.905. The summed E-state index contributed by atoms with van der Waals surface area (Å²) in [5.41, 5.74) is 2.29. The molecule has 1 N–H and O–H groups in total. The fraction of sp³-hybridized carbons (Fsp3) is 0.167. The zero-order valence-corrected chi connectivity index (χ0v) is 10.6. The minimum Gasteiger partial charge on any atom is -0.456 e. The second kappa shape index (κ2) is 8.83. The number of hydrogen-bond acceptors (Lipinski definition) is 0. The second-order valence-corrected chi connectivity index (χ2v) is 2.68. The average molecular weight is 275 g/mol. The van der Waals surface area contributed by atoms with E-state index < -0.39 is 0 Å². The van der Waals surface area contributed by atoms with Crippen molar-refractivity contribution in [3.05, 3.63) is 61.3 Å². The van der Waals surface area contributed by atoms with Crippen molar-refractivity contribution in [2.75, 3.05) is 0 Å². The van der Waals surface area contributed by atoms with Crippen LogP contribution in [0.2, 0.25) is 0 Å². The molecule has 0 fully saturated rings. The van der Waals surface area contributed by atoms with E-state index in [9.17, 15) is 0 Å². The van der Waals surface area contributed by atoms with Gasteiger partial charge in [0.05, 0.1) is 0 Å². The normalized spacial score (nSPS) is 7.57. The minimum absolute atomic E-state index is 0. The molecule has 0 atom stereocenters. The first kappa shape index (κ1) is 15.7. The van der Waals surface area contributed by atoms with E-state index in [1.165, 1.54) is 5.69 Å². The van der Waals surface area contributed by atoms with Crippen LogP contribution in [0.25, 0.3) is 0 Å². The summed E-state index contributed by atoms with van der Waals surface area (Å²) in [5, 5.41) is 0. The maximum absolute atomic E-state index is 3.08. The monoisotopic (exact) mass is 276 g/mol. The molecule has 14 heavy (non-hydrogen) atoms. The molecule has 0 aliphatic rings. The van der Waals surface area contributed by atoms with Crippen molar-refractivity contribution in [1.29, 1.82) is 0 Å². The van der Waals surface area contributed by atoms with Crippen LogP contribution in [0, 0.1) is 27.3 Å². The molecule has 1 radical (unpaired) electrons. The number of hydrogen-bond donors (Lipinski definition) is 1. The Kier molecular flexibility index (Phi) is 9.92. The quantitative estimate of drug-likeness (QED) is 0.561. The summed E-state index contributed by atoms with van der Waals surface area (Å²) in [6, 6.07) is 15.0. The smallest absolute Gasteiger partial charge is 0.456 e. The third-order valence-corrected chi connectivity index (χ3v) is 1.45. The molecule has 0 spiro atoms. The fourth-order valence-electron chi connectivity index (χ4n) is 0.905. The van der Waals surface area contributed by atoms with Gasteiger partial charge in [-0.1, -0.05) is 12.6 Å². The van der Waals surface area contributed by atoms with Crippen molar-refractivity contribution >= 4 is 0 Å². The number of aromatic nitrogens is 1. The molecule has 1 nitrogen and oxygen atoms in total. The van der Waals surface area contributed by atoms with Crippen molar-refractivity contribution in [1.82, 2.24) is 4.98 Å². The molecule has 0 unspecified atom stereocenters. The second-order valence-electron chi connectivity index (χ2n) is 2.68. The first-order valence-corrected chi connectivity index (χ1v) is 3.99. The van der Waals surface area contributed by atoms with E-state index in [1.807, 2.05) is 50.2 Å². The van der Waals surface area contributed by atoms with Gasteiger partial charge in [-0.05, 0) is 6.92 Å². The van der Waals surface area contributed by atoms with E-state index in [2.05, 4.69) is 11.1 Å². The first-order valence-electron chi connectivity index (χ1n) is 3.99. The Morgan fingerprint density at radius 2 is 1.79 bits per heavy atom.